The third-order valence-electron chi connectivity index (χ3n) is 3.12. The highest BCUT2D eigenvalue weighted by Crippen LogP contribution is 2.13. The van der Waals surface area contributed by atoms with Crippen LogP contribution < -0.4 is 0 Å². The topological polar surface area (TPSA) is 37.3 Å². The number of carbonyl (C=O) groups is 1. The molecule has 0 fully saturated rings. The first-order chi connectivity index (χ1) is 8.18. The zero-order valence-electron chi connectivity index (χ0n) is 11.2. The fourth-order valence-corrected chi connectivity index (χ4v) is 2.13. The van der Waals surface area contributed by atoms with E-state index in [1.54, 1.807) is 0 Å². The summed E-state index contributed by atoms with van der Waals surface area (Å²) in [5, 5.41) is 8.18. The van der Waals surface area contributed by atoms with Gasteiger partial charge >= 0.3 is 29.0 Å². The maximum atomic E-state index is 10.5. The Morgan fingerprint density at radius 3 is 1.72 bits per heavy atom. The van der Waals surface area contributed by atoms with Crippen LogP contribution in [0.1, 0.15) is 77.6 Å². The second-order valence-corrected chi connectivity index (χ2v) is 5.45. The Labute approximate surface area is 134 Å². The summed E-state index contributed by atoms with van der Waals surface area (Å²) < 4.78 is 0. The van der Waals surface area contributed by atoms with Crippen LogP contribution in [0.4, 0.5) is 0 Å². The number of unbranched alkanes of at least 4 members (excludes halogenated alkanes) is 9. The van der Waals surface area contributed by atoms with Crippen LogP contribution in [0.15, 0.2) is 0 Å². The predicted octanol–water partition coefficient (Wildman–Crippen LogP) is 3.76. The van der Waals surface area contributed by atoms with E-state index in [9.17, 15) is 4.79 Å². The van der Waals surface area contributed by atoms with Crippen LogP contribution >= 0.6 is 12.6 Å². The van der Waals surface area contributed by atoms with Gasteiger partial charge in [-0.1, -0.05) is 71.1 Å². The van der Waals surface area contributed by atoms with Gasteiger partial charge in [-0.3, -0.25) is 4.79 Å². The zero-order chi connectivity index (χ0) is 12.9. The second kappa shape index (κ2) is 15.6. The van der Waals surface area contributed by atoms with Crippen LogP contribution in [0.5, 0.6) is 0 Å². The molecule has 0 amide bonds. The van der Waals surface area contributed by atoms with Crippen molar-refractivity contribution in [3.63, 3.8) is 0 Å². The molecule has 106 valence electrons. The fraction of sp³-hybridized carbons (Fsp3) is 0.929. The molecule has 18 heavy (non-hydrogen) atoms. The van der Waals surface area contributed by atoms with E-state index in [0.717, 1.165) is 12.8 Å². The van der Waals surface area contributed by atoms with Crippen molar-refractivity contribution >= 4 is 41.7 Å². The van der Waals surface area contributed by atoms with Crippen molar-refractivity contribution < 1.29 is 9.90 Å². The minimum absolute atomic E-state index is 0. The molecular formula is C14H30MgO2S. The van der Waals surface area contributed by atoms with Gasteiger partial charge < -0.3 is 5.11 Å². The van der Waals surface area contributed by atoms with Crippen LogP contribution in [-0.4, -0.2) is 39.4 Å². The smallest absolute Gasteiger partial charge is 0.316 e. The zero-order valence-corrected chi connectivity index (χ0v) is 12.1. The Bertz CT molecular complexity index is 189. The molecule has 4 heteroatoms. The molecule has 0 aliphatic carbocycles. The Morgan fingerprint density at radius 2 is 1.33 bits per heavy atom. The SMILES string of the molecule is CCCCCCCCCCCCC(S)C(=O)O.[MgH2]. The largest absolute Gasteiger partial charge is 0.480 e. The summed E-state index contributed by atoms with van der Waals surface area (Å²) in [7, 11) is 0. The third kappa shape index (κ3) is 14.6. The molecule has 0 radical (unpaired) electrons. The monoisotopic (exact) mass is 286 g/mol. The maximum Gasteiger partial charge on any atom is 0.316 e. The molecule has 0 spiro atoms. The van der Waals surface area contributed by atoms with Gasteiger partial charge in [0.1, 0.15) is 0 Å². The second-order valence-electron chi connectivity index (χ2n) is 4.82. The summed E-state index contributed by atoms with van der Waals surface area (Å²) in [5.41, 5.74) is 0. The molecule has 0 aliphatic heterocycles. The first kappa shape index (κ1) is 20.9. The number of hydrogen-bond donors (Lipinski definition) is 2. The highest BCUT2D eigenvalue weighted by Gasteiger charge is 2.10. The summed E-state index contributed by atoms with van der Waals surface area (Å²) in [6, 6.07) is 0. The molecule has 0 rings (SSSR count). The molecule has 0 aromatic carbocycles. The van der Waals surface area contributed by atoms with Crippen LogP contribution in [0.3, 0.4) is 0 Å². The standard InChI is InChI=1S/C14H28O2S.Mg.2H/c1-2-3-4-5-6-7-8-9-10-11-12-13(17)14(15)16;;;/h13,17H,2-12H2,1H3,(H,15,16);;;. The van der Waals surface area contributed by atoms with Crippen LogP contribution in [0, 0.1) is 0 Å². The lowest BCUT2D eigenvalue weighted by Gasteiger charge is -2.05. The van der Waals surface area contributed by atoms with Crippen LogP contribution in [-0.2, 0) is 4.79 Å². The van der Waals surface area contributed by atoms with E-state index in [2.05, 4.69) is 19.6 Å². The first-order valence-corrected chi connectivity index (χ1v) is 7.61. The van der Waals surface area contributed by atoms with Crippen LogP contribution in [0.2, 0.25) is 0 Å². The van der Waals surface area contributed by atoms with Gasteiger partial charge in [0.05, 0.1) is 5.25 Å². The number of carboxylic acids is 1. The lowest BCUT2D eigenvalue weighted by Crippen LogP contribution is -2.12. The quantitative estimate of drug-likeness (QED) is 0.326. The highest BCUT2D eigenvalue weighted by molar-refractivity contribution is 7.81. The molecule has 0 saturated carbocycles. The van der Waals surface area contributed by atoms with E-state index < -0.39 is 11.2 Å². The number of rotatable bonds is 12. The van der Waals surface area contributed by atoms with E-state index in [0.29, 0.717) is 6.42 Å². The summed E-state index contributed by atoms with van der Waals surface area (Å²) in [4.78, 5) is 10.5. The molecule has 0 aliphatic rings. The lowest BCUT2D eigenvalue weighted by molar-refractivity contribution is -0.136. The Balaban J connectivity index is 0. The fourth-order valence-electron chi connectivity index (χ4n) is 1.95. The molecule has 0 saturated heterocycles. The molecule has 1 N–H and O–H groups in total. The lowest BCUT2D eigenvalue weighted by atomic mass is 10.1. The maximum absolute atomic E-state index is 10.5. The van der Waals surface area contributed by atoms with E-state index in [4.69, 9.17) is 5.11 Å². The highest BCUT2D eigenvalue weighted by atomic mass is 32.1. The van der Waals surface area contributed by atoms with Crippen molar-refractivity contribution in [2.45, 2.75) is 82.8 Å². The number of thiol groups is 1. The summed E-state index contributed by atoms with van der Waals surface area (Å²) in [5.74, 6) is -0.788. The van der Waals surface area contributed by atoms with Gasteiger partial charge in [-0.05, 0) is 6.42 Å². The minimum Gasteiger partial charge on any atom is -0.480 e. The van der Waals surface area contributed by atoms with Gasteiger partial charge in [0.15, 0.2) is 0 Å². The first-order valence-electron chi connectivity index (χ1n) is 7.09. The summed E-state index contributed by atoms with van der Waals surface area (Å²) in [6.45, 7) is 2.24. The molecule has 0 aromatic rings. The average Bonchev–Trinajstić information content (AvgIpc) is 2.31. The van der Waals surface area contributed by atoms with Crippen molar-refractivity contribution in [3.05, 3.63) is 0 Å². The molecule has 0 bridgehead atoms. The summed E-state index contributed by atoms with van der Waals surface area (Å²) >= 11 is 4.02. The third-order valence-corrected chi connectivity index (χ3v) is 3.60. The average molecular weight is 287 g/mol. The number of carboxylic acid groups (broad SMARTS) is 1. The van der Waals surface area contributed by atoms with Crippen molar-refractivity contribution in [2.24, 2.45) is 0 Å². The van der Waals surface area contributed by atoms with Gasteiger partial charge in [-0.2, -0.15) is 12.6 Å². The van der Waals surface area contributed by atoms with Gasteiger partial charge in [0, 0.05) is 0 Å². The van der Waals surface area contributed by atoms with E-state index in [1.165, 1.54) is 51.4 Å². The van der Waals surface area contributed by atoms with E-state index in [-0.39, 0.29) is 23.1 Å². The molecule has 0 heterocycles. The van der Waals surface area contributed by atoms with Crippen molar-refractivity contribution in [3.8, 4) is 0 Å². The number of aliphatic carboxylic acids is 1. The predicted molar refractivity (Wildman–Crippen MR) is 85.4 cm³/mol. The summed E-state index contributed by atoms with van der Waals surface area (Å²) in [6.07, 6.45) is 13.6. The Hall–Kier alpha value is 0.586. The normalized spacial score (nSPS) is 11.9. The van der Waals surface area contributed by atoms with Crippen molar-refractivity contribution in [1.29, 1.82) is 0 Å². The van der Waals surface area contributed by atoms with Crippen molar-refractivity contribution in [1.82, 2.24) is 0 Å². The molecule has 2 nitrogen and oxygen atoms in total. The van der Waals surface area contributed by atoms with Gasteiger partial charge in [0.25, 0.3) is 0 Å². The van der Waals surface area contributed by atoms with E-state index >= 15 is 0 Å². The number of hydrogen-bond acceptors (Lipinski definition) is 2. The van der Waals surface area contributed by atoms with Gasteiger partial charge in [0.2, 0.25) is 0 Å². The minimum atomic E-state index is -0.788. The van der Waals surface area contributed by atoms with E-state index in [1.807, 2.05) is 0 Å². The van der Waals surface area contributed by atoms with Gasteiger partial charge in [-0.15, -0.1) is 0 Å². The Kier molecular flexibility index (Phi) is 18.2. The molecule has 1 unspecified atom stereocenters. The van der Waals surface area contributed by atoms with Crippen LogP contribution in [0.25, 0.3) is 0 Å². The van der Waals surface area contributed by atoms with Crippen molar-refractivity contribution in [2.75, 3.05) is 0 Å². The molecular weight excluding hydrogens is 257 g/mol. The molecule has 0 aromatic heterocycles. The Morgan fingerprint density at radius 1 is 0.944 bits per heavy atom. The molecule has 1 atom stereocenters. The van der Waals surface area contributed by atoms with Gasteiger partial charge in [-0.25, -0.2) is 0 Å².